The molecule has 0 saturated heterocycles. The minimum absolute atomic E-state index is 0.166. The second kappa shape index (κ2) is 8.98. The predicted octanol–water partition coefficient (Wildman–Crippen LogP) is 4.29. The molecule has 40 heavy (non-hydrogen) atoms. The smallest absolute Gasteiger partial charge is 0.308 e. The van der Waals surface area contributed by atoms with E-state index in [0.29, 0.717) is 0 Å². The highest BCUT2D eigenvalue weighted by Gasteiger charge is 2.40. The minimum Gasteiger partial charge on any atom is -0.427 e. The zero-order valence-corrected chi connectivity index (χ0v) is 21.1. The molecule has 0 saturated carbocycles. The molecule has 10 heteroatoms. The summed E-state index contributed by atoms with van der Waals surface area (Å²) in [7, 11) is 0. The Morgan fingerprint density at radius 1 is 0.475 bits per heavy atom. The SMILES string of the molecule is CC(=O)Oc1ccc(N2C(=O)c3ccc4c5c(ccc(c35)C2=O)C(=O)N(c2ccc(OC(C)=O)cc2)C4=O)cc1. The third-order valence-corrected chi connectivity index (χ3v) is 6.61. The van der Waals surface area contributed by atoms with E-state index in [1.165, 1.54) is 86.6 Å². The van der Waals surface area contributed by atoms with Crippen LogP contribution in [-0.2, 0) is 9.59 Å². The Morgan fingerprint density at radius 3 is 1.00 bits per heavy atom. The summed E-state index contributed by atoms with van der Waals surface area (Å²) in [6.45, 7) is 2.52. The highest BCUT2D eigenvalue weighted by Crippen LogP contribution is 2.40. The van der Waals surface area contributed by atoms with Gasteiger partial charge < -0.3 is 9.47 Å². The Morgan fingerprint density at radius 2 is 0.750 bits per heavy atom. The second-order valence-electron chi connectivity index (χ2n) is 9.14. The molecule has 0 atom stereocenters. The van der Waals surface area contributed by atoms with E-state index in [1.54, 1.807) is 0 Å². The predicted molar refractivity (Wildman–Crippen MR) is 142 cm³/mol. The number of imide groups is 2. The summed E-state index contributed by atoms with van der Waals surface area (Å²) in [6, 6.07) is 17.7. The van der Waals surface area contributed by atoms with Crippen LogP contribution in [0.1, 0.15) is 55.3 Å². The first-order chi connectivity index (χ1) is 19.2. The molecule has 0 aliphatic carbocycles. The van der Waals surface area contributed by atoms with Gasteiger partial charge in [-0.3, -0.25) is 28.8 Å². The number of anilines is 2. The fourth-order valence-corrected chi connectivity index (χ4v) is 5.00. The number of carbonyl (C=O) groups is 6. The van der Waals surface area contributed by atoms with Gasteiger partial charge in [0, 0.05) is 46.9 Å². The van der Waals surface area contributed by atoms with E-state index >= 15 is 0 Å². The first-order valence-electron chi connectivity index (χ1n) is 12.1. The van der Waals surface area contributed by atoms with Crippen LogP contribution in [-0.4, -0.2) is 35.6 Å². The molecule has 2 aliphatic rings. The van der Waals surface area contributed by atoms with Crippen LogP contribution in [0.15, 0.2) is 72.8 Å². The van der Waals surface area contributed by atoms with Crippen molar-refractivity contribution in [3.05, 3.63) is 95.1 Å². The quantitative estimate of drug-likeness (QED) is 0.216. The van der Waals surface area contributed by atoms with E-state index in [0.717, 1.165) is 9.80 Å². The summed E-state index contributed by atoms with van der Waals surface area (Å²) in [5.41, 5.74) is 1.19. The zero-order valence-electron chi connectivity index (χ0n) is 21.1. The van der Waals surface area contributed by atoms with Crippen molar-refractivity contribution in [3.63, 3.8) is 0 Å². The number of esters is 2. The van der Waals surface area contributed by atoms with Crippen molar-refractivity contribution in [1.82, 2.24) is 0 Å². The number of amides is 4. The second-order valence-corrected chi connectivity index (χ2v) is 9.14. The molecule has 4 aromatic rings. The average molecular weight is 534 g/mol. The number of carbonyl (C=O) groups excluding carboxylic acids is 6. The van der Waals surface area contributed by atoms with E-state index in [-0.39, 0.29) is 55.9 Å². The van der Waals surface area contributed by atoms with Gasteiger partial charge >= 0.3 is 11.9 Å². The van der Waals surface area contributed by atoms with Crippen LogP contribution < -0.4 is 19.3 Å². The maximum Gasteiger partial charge on any atom is 0.308 e. The number of benzene rings is 4. The lowest BCUT2D eigenvalue weighted by Gasteiger charge is -2.32. The Kier molecular flexibility index (Phi) is 5.54. The van der Waals surface area contributed by atoms with E-state index in [2.05, 4.69) is 0 Å². The lowest BCUT2D eigenvalue weighted by atomic mass is 9.85. The van der Waals surface area contributed by atoms with Crippen LogP contribution in [0, 0.1) is 0 Å². The Hall–Kier alpha value is -5.64. The average Bonchev–Trinajstić information content (AvgIpc) is 2.92. The van der Waals surface area contributed by atoms with Gasteiger partial charge in [-0.05, 0) is 72.8 Å². The van der Waals surface area contributed by atoms with Crippen LogP contribution >= 0.6 is 0 Å². The van der Waals surface area contributed by atoms with Crippen molar-refractivity contribution < 1.29 is 38.2 Å². The number of hydrogen-bond acceptors (Lipinski definition) is 8. The maximum absolute atomic E-state index is 13.6. The molecule has 4 aromatic carbocycles. The molecule has 0 spiro atoms. The van der Waals surface area contributed by atoms with Gasteiger partial charge in [-0.15, -0.1) is 0 Å². The molecule has 4 amide bonds. The number of hydrogen-bond donors (Lipinski definition) is 0. The lowest BCUT2D eigenvalue weighted by molar-refractivity contribution is -0.132. The van der Waals surface area contributed by atoms with E-state index in [9.17, 15) is 28.8 Å². The normalized spacial score (nSPS) is 14.1. The standard InChI is InChI=1S/C30H18N2O8/c1-15(33)39-19-7-3-17(4-8-19)31-27(35)21-11-13-23-26-24(14-12-22(25(21)26)28(31)36)30(38)32(29(23)37)18-5-9-20(10-6-18)40-16(2)34/h3-14H,1-2H3. The largest absolute Gasteiger partial charge is 0.427 e. The van der Waals surface area contributed by atoms with Crippen LogP contribution in [0.25, 0.3) is 10.8 Å². The van der Waals surface area contributed by atoms with Crippen LogP contribution in [0.3, 0.4) is 0 Å². The third-order valence-electron chi connectivity index (χ3n) is 6.61. The summed E-state index contributed by atoms with van der Waals surface area (Å²) in [5.74, 6) is -2.98. The van der Waals surface area contributed by atoms with Gasteiger partial charge in [-0.2, -0.15) is 0 Å². The van der Waals surface area contributed by atoms with Crippen molar-refractivity contribution in [3.8, 4) is 11.5 Å². The van der Waals surface area contributed by atoms with Crippen molar-refractivity contribution in [2.75, 3.05) is 9.80 Å². The van der Waals surface area contributed by atoms with Crippen molar-refractivity contribution in [2.24, 2.45) is 0 Å². The summed E-state index contributed by atoms with van der Waals surface area (Å²) >= 11 is 0. The van der Waals surface area contributed by atoms with Crippen molar-refractivity contribution >= 4 is 57.7 Å². The monoisotopic (exact) mass is 534 g/mol. The third kappa shape index (κ3) is 3.73. The molecule has 10 nitrogen and oxygen atoms in total. The van der Waals surface area contributed by atoms with Crippen LogP contribution in [0.2, 0.25) is 0 Å². The topological polar surface area (TPSA) is 127 Å². The molecule has 0 aromatic heterocycles. The van der Waals surface area contributed by atoms with Gasteiger partial charge in [0.2, 0.25) is 0 Å². The summed E-state index contributed by atoms with van der Waals surface area (Å²) < 4.78 is 10.1. The van der Waals surface area contributed by atoms with Gasteiger partial charge in [-0.25, -0.2) is 9.80 Å². The summed E-state index contributed by atoms with van der Waals surface area (Å²) in [5, 5.41) is 0.480. The summed E-state index contributed by atoms with van der Waals surface area (Å²) in [6.07, 6.45) is 0. The van der Waals surface area contributed by atoms with Gasteiger partial charge in [-0.1, -0.05) is 0 Å². The van der Waals surface area contributed by atoms with Crippen LogP contribution in [0.4, 0.5) is 11.4 Å². The minimum atomic E-state index is -0.621. The zero-order chi connectivity index (χ0) is 28.3. The first-order valence-corrected chi connectivity index (χ1v) is 12.1. The molecule has 196 valence electrons. The number of rotatable bonds is 4. The Balaban J connectivity index is 1.42. The van der Waals surface area contributed by atoms with Crippen LogP contribution in [0.5, 0.6) is 11.5 Å². The van der Waals surface area contributed by atoms with Crippen molar-refractivity contribution in [1.29, 1.82) is 0 Å². The highest BCUT2D eigenvalue weighted by molar-refractivity contribution is 6.42. The lowest BCUT2D eigenvalue weighted by Crippen LogP contribution is -2.43. The molecular weight excluding hydrogens is 516 g/mol. The number of nitrogens with zero attached hydrogens (tertiary/aromatic N) is 2. The maximum atomic E-state index is 13.6. The first kappa shape index (κ1) is 24.7. The molecule has 0 N–H and O–H groups in total. The molecule has 0 unspecified atom stereocenters. The van der Waals surface area contributed by atoms with E-state index in [1.807, 2.05) is 0 Å². The number of ether oxygens (including phenoxy) is 2. The molecule has 2 aliphatic heterocycles. The molecular formula is C30H18N2O8. The van der Waals surface area contributed by atoms with Crippen molar-refractivity contribution in [2.45, 2.75) is 13.8 Å². The molecule has 0 bridgehead atoms. The Labute approximate surface area is 226 Å². The van der Waals surface area contributed by atoms with Gasteiger partial charge in [0.05, 0.1) is 11.4 Å². The van der Waals surface area contributed by atoms with E-state index < -0.39 is 35.6 Å². The molecule has 0 radical (unpaired) electrons. The highest BCUT2D eigenvalue weighted by atomic mass is 16.5. The molecule has 2 heterocycles. The fourth-order valence-electron chi connectivity index (χ4n) is 5.00. The fraction of sp³-hybridized carbons (Fsp3) is 0.0667. The van der Waals surface area contributed by atoms with Gasteiger partial charge in [0.25, 0.3) is 23.6 Å². The molecule has 0 fully saturated rings. The van der Waals surface area contributed by atoms with Gasteiger partial charge in [0.1, 0.15) is 11.5 Å². The Bertz CT molecular complexity index is 1620. The molecule has 6 rings (SSSR count). The summed E-state index contributed by atoms with van der Waals surface area (Å²) in [4.78, 5) is 78.7. The van der Waals surface area contributed by atoms with Gasteiger partial charge in [0.15, 0.2) is 0 Å². The van der Waals surface area contributed by atoms with E-state index in [4.69, 9.17) is 9.47 Å².